The van der Waals surface area contributed by atoms with E-state index in [1.807, 2.05) is 0 Å². The van der Waals surface area contributed by atoms with Crippen molar-refractivity contribution in [2.75, 3.05) is 13.7 Å². The number of hydrogen-bond acceptors (Lipinski definition) is 12. The first-order chi connectivity index (χ1) is 19.1. The second-order valence-corrected chi connectivity index (χ2v) is 9.94. The van der Waals surface area contributed by atoms with Crippen molar-refractivity contribution in [1.29, 1.82) is 0 Å². The molecule has 41 heavy (non-hydrogen) atoms. The topological polar surface area (TPSA) is 178 Å². The standard InChI is InChI=1S/C28H32O12.CH4/c1-13-16(29)4-6-25(37-13)36-12-24-28(34)20(33)11-26(40-24)38-15-8-18(31)27-19(32)10-22(39-23(27)9-15)14-3-5-21(35-2)17(30)7-14;/h3,5,7-10,13,16,20,24-26,28-31,33-34H,4,6,11-12H2,1-2H3;1H4/t13-,16+,20+,24+,25+,26+,28-;/m0./s1. The Balaban J connectivity index is 0.00000387. The first-order valence-corrected chi connectivity index (χ1v) is 12.9. The zero-order valence-electron chi connectivity index (χ0n) is 21.9. The van der Waals surface area contributed by atoms with Crippen molar-refractivity contribution in [1.82, 2.24) is 0 Å². The van der Waals surface area contributed by atoms with Gasteiger partial charge >= 0.3 is 0 Å². The number of methoxy groups -OCH3 is 1. The van der Waals surface area contributed by atoms with Gasteiger partial charge in [0.05, 0.1) is 32.0 Å². The van der Waals surface area contributed by atoms with E-state index in [0.29, 0.717) is 18.4 Å². The summed E-state index contributed by atoms with van der Waals surface area (Å²) < 4.78 is 34.0. The van der Waals surface area contributed by atoms with Crippen molar-refractivity contribution in [2.24, 2.45) is 0 Å². The number of phenols is 2. The molecule has 0 spiro atoms. The van der Waals surface area contributed by atoms with Crippen LogP contribution in [0.15, 0.2) is 45.6 Å². The number of phenolic OH excluding ortho intramolecular Hbond substituents is 2. The number of aromatic hydroxyl groups is 2. The molecule has 0 bridgehead atoms. The highest BCUT2D eigenvalue weighted by Gasteiger charge is 2.39. The molecular weight excluding hydrogens is 540 g/mol. The van der Waals surface area contributed by atoms with Crippen LogP contribution in [0.4, 0.5) is 0 Å². The SMILES string of the molecule is C.COc1ccc(-c2cc(=O)c3c(O)cc(O[C@H]4C[C@@H](O)[C@H](O)[C@@H](CO[C@H]5CC[C@@H](O)[C@H](C)O5)O4)cc3o2)cc1O. The number of hydrogen-bond donors (Lipinski definition) is 5. The third kappa shape index (κ3) is 6.58. The first kappa shape index (κ1) is 30.6. The highest BCUT2D eigenvalue weighted by molar-refractivity contribution is 5.86. The molecule has 3 aromatic rings. The molecule has 5 N–H and O–H groups in total. The van der Waals surface area contributed by atoms with Crippen LogP contribution in [0, 0.1) is 0 Å². The minimum Gasteiger partial charge on any atom is -0.507 e. The maximum absolute atomic E-state index is 12.8. The maximum Gasteiger partial charge on any atom is 0.202 e. The van der Waals surface area contributed by atoms with Gasteiger partial charge in [0.1, 0.15) is 40.4 Å². The molecule has 12 heteroatoms. The van der Waals surface area contributed by atoms with Crippen LogP contribution in [0.2, 0.25) is 0 Å². The minimum atomic E-state index is -1.24. The minimum absolute atomic E-state index is 0. The molecule has 2 aromatic carbocycles. The van der Waals surface area contributed by atoms with Gasteiger partial charge in [-0.3, -0.25) is 4.79 Å². The van der Waals surface area contributed by atoms with Gasteiger partial charge in [0, 0.05) is 36.6 Å². The summed E-state index contributed by atoms with van der Waals surface area (Å²) in [5, 5.41) is 51.3. The van der Waals surface area contributed by atoms with E-state index in [1.165, 1.54) is 37.4 Å². The summed E-state index contributed by atoms with van der Waals surface area (Å²) in [5.41, 5.74) is -0.0774. The predicted octanol–water partition coefficient (Wildman–Crippen LogP) is 2.63. The zero-order valence-corrected chi connectivity index (χ0v) is 21.9. The molecule has 2 aliphatic heterocycles. The molecule has 3 heterocycles. The summed E-state index contributed by atoms with van der Waals surface area (Å²) in [5.74, 6) is -0.0349. The van der Waals surface area contributed by atoms with Crippen LogP contribution >= 0.6 is 0 Å². The molecule has 0 aliphatic carbocycles. The van der Waals surface area contributed by atoms with E-state index < -0.39 is 48.5 Å². The second-order valence-electron chi connectivity index (χ2n) is 9.94. The number of aliphatic hydroxyl groups excluding tert-OH is 3. The summed E-state index contributed by atoms with van der Waals surface area (Å²) in [7, 11) is 1.41. The summed E-state index contributed by atoms with van der Waals surface area (Å²) >= 11 is 0. The molecule has 0 saturated carbocycles. The number of rotatable bonds is 7. The van der Waals surface area contributed by atoms with E-state index in [1.54, 1.807) is 13.0 Å². The van der Waals surface area contributed by atoms with E-state index in [4.69, 9.17) is 28.1 Å². The smallest absolute Gasteiger partial charge is 0.202 e. The summed E-state index contributed by atoms with van der Waals surface area (Å²) in [4.78, 5) is 12.8. The largest absolute Gasteiger partial charge is 0.507 e. The lowest BCUT2D eigenvalue weighted by atomic mass is 10.0. The lowest BCUT2D eigenvalue weighted by molar-refractivity contribution is -0.265. The molecule has 224 valence electrons. The number of ether oxygens (including phenoxy) is 5. The van der Waals surface area contributed by atoms with Crippen molar-refractivity contribution in [2.45, 2.75) is 76.7 Å². The molecule has 0 amide bonds. The van der Waals surface area contributed by atoms with Gasteiger partial charge in [0.25, 0.3) is 0 Å². The molecule has 1 aromatic heterocycles. The number of fused-ring (bicyclic) bond motifs is 1. The van der Waals surface area contributed by atoms with E-state index >= 15 is 0 Å². The second kappa shape index (κ2) is 12.6. The van der Waals surface area contributed by atoms with Crippen molar-refractivity contribution in [3.05, 3.63) is 46.6 Å². The van der Waals surface area contributed by atoms with Gasteiger partial charge in [-0.25, -0.2) is 0 Å². The predicted molar refractivity (Wildman–Crippen MR) is 146 cm³/mol. The normalized spacial score (nSPS) is 28.2. The van der Waals surface area contributed by atoms with Crippen molar-refractivity contribution < 1.29 is 53.6 Å². The molecule has 5 rings (SSSR count). The fourth-order valence-corrected chi connectivity index (χ4v) is 4.84. The average Bonchev–Trinajstić information content (AvgIpc) is 2.91. The van der Waals surface area contributed by atoms with Crippen LogP contribution in [-0.4, -0.2) is 82.3 Å². The Morgan fingerprint density at radius 3 is 2.44 bits per heavy atom. The average molecular weight is 577 g/mol. The van der Waals surface area contributed by atoms with Gasteiger partial charge in [-0.2, -0.15) is 0 Å². The Bertz CT molecular complexity index is 1400. The molecule has 2 fully saturated rings. The molecule has 0 radical (unpaired) electrons. The van der Waals surface area contributed by atoms with Crippen molar-refractivity contribution in [3.8, 4) is 34.3 Å². The molecule has 2 aliphatic rings. The van der Waals surface area contributed by atoms with Crippen molar-refractivity contribution >= 4 is 11.0 Å². The van der Waals surface area contributed by atoms with Gasteiger partial charge in [0.2, 0.25) is 6.29 Å². The summed E-state index contributed by atoms with van der Waals surface area (Å²) in [6.45, 7) is 1.64. The van der Waals surface area contributed by atoms with E-state index in [-0.39, 0.29) is 60.2 Å². The maximum atomic E-state index is 12.8. The Morgan fingerprint density at radius 1 is 0.951 bits per heavy atom. The van der Waals surface area contributed by atoms with E-state index in [2.05, 4.69) is 0 Å². The van der Waals surface area contributed by atoms with Crippen LogP contribution < -0.4 is 14.9 Å². The third-order valence-electron chi connectivity index (χ3n) is 7.10. The lowest BCUT2D eigenvalue weighted by Gasteiger charge is -2.38. The Labute approximate surface area is 236 Å². The molecule has 0 unspecified atom stereocenters. The van der Waals surface area contributed by atoms with E-state index in [0.717, 1.165) is 0 Å². The van der Waals surface area contributed by atoms with Crippen LogP contribution in [0.5, 0.6) is 23.0 Å². The number of aliphatic hydroxyl groups is 3. The molecular formula is C29H36O12. The van der Waals surface area contributed by atoms with E-state index in [9.17, 15) is 30.3 Å². The molecule has 12 nitrogen and oxygen atoms in total. The zero-order chi connectivity index (χ0) is 28.6. The van der Waals surface area contributed by atoms with Gasteiger partial charge < -0.3 is 53.6 Å². The fraction of sp³-hybridized carbons (Fsp3) is 0.483. The quantitative estimate of drug-likeness (QED) is 0.278. The Morgan fingerprint density at radius 2 is 1.73 bits per heavy atom. The van der Waals surface area contributed by atoms with Crippen LogP contribution in [0.25, 0.3) is 22.3 Å². The highest BCUT2D eigenvalue weighted by Crippen LogP contribution is 2.35. The lowest BCUT2D eigenvalue weighted by Crippen LogP contribution is -2.52. The Hall–Kier alpha value is -3.39. The van der Waals surface area contributed by atoms with Crippen molar-refractivity contribution in [3.63, 3.8) is 0 Å². The monoisotopic (exact) mass is 576 g/mol. The summed E-state index contributed by atoms with van der Waals surface area (Å²) in [6, 6.07) is 8.35. The summed E-state index contributed by atoms with van der Waals surface area (Å²) in [6.07, 6.45) is -5.03. The highest BCUT2D eigenvalue weighted by atomic mass is 16.7. The van der Waals surface area contributed by atoms with Gasteiger partial charge in [-0.1, -0.05) is 7.43 Å². The van der Waals surface area contributed by atoms with Gasteiger partial charge in [-0.15, -0.1) is 0 Å². The van der Waals surface area contributed by atoms with Crippen LogP contribution in [-0.2, 0) is 14.2 Å². The van der Waals surface area contributed by atoms with Crippen LogP contribution in [0.3, 0.4) is 0 Å². The van der Waals surface area contributed by atoms with Gasteiger partial charge in [-0.05, 0) is 31.5 Å². The number of benzene rings is 2. The fourth-order valence-electron chi connectivity index (χ4n) is 4.84. The van der Waals surface area contributed by atoms with Gasteiger partial charge in [0.15, 0.2) is 23.2 Å². The van der Waals surface area contributed by atoms with Crippen LogP contribution in [0.1, 0.15) is 33.6 Å². The first-order valence-electron chi connectivity index (χ1n) is 12.9. The Kier molecular flexibility index (Phi) is 9.42. The third-order valence-corrected chi connectivity index (χ3v) is 7.10. The molecule has 2 saturated heterocycles. The molecule has 7 atom stereocenters.